The SMILES string of the molecule is O=C(Nc1cccc2ccccc12)c1ccc(S(=O)(=O)N2CCCC2)o1. The van der Waals surface area contributed by atoms with Crippen LogP contribution in [0.1, 0.15) is 23.4 Å². The number of carbonyl (C=O) groups is 1. The molecule has 1 aliphatic heterocycles. The average Bonchev–Trinajstić information content (AvgIpc) is 3.34. The van der Waals surface area contributed by atoms with Crippen LogP contribution >= 0.6 is 0 Å². The summed E-state index contributed by atoms with van der Waals surface area (Å²) in [4.78, 5) is 12.5. The van der Waals surface area contributed by atoms with E-state index in [-0.39, 0.29) is 10.9 Å². The molecule has 0 unspecified atom stereocenters. The summed E-state index contributed by atoms with van der Waals surface area (Å²) in [5.74, 6) is -0.514. The van der Waals surface area contributed by atoms with Crippen molar-refractivity contribution in [2.24, 2.45) is 0 Å². The molecule has 0 aliphatic carbocycles. The van der Waals surface area contributed by atoms with Crippen molar-refractivity contribution in [2.45, 2.75) is 17.9 Å². The molecule has 1 aromatic heterocycles. The molecule has 1 fully saturated rings. The van der Waals surface area contributed by atoms with Crippen molar-refractivity contribution >= 4 is 32.4 Å². The number of amides is 1. The second-order valence-electron chi connectivity index (χ2n) is 6.21. The molecule has 1 saturated heterocycles. The fraction of sp³-hybridized carbons (Fsp3) is 0.211. The zero-order chi connectivity index (χ0) is 18.1. The van der Waals surface area contributed by atoms with E-state index in [0.29, 0.717) is 18.8 Å². The normalized spacial score (nSPS) is 15.4. The number of sulfonamides is 1. The molecule has 6 nitrogen and oxygen atoms in total. The van der Waals surface area contributed by atoms with E-state index in [4.69, 9.17) is 4.42 Å². The number of nitrogens with one attached hydrogen (secondary N) is 1. The van der Waals surface area contributed by atoms with Crippen LogP contribution in [0.4, 0.5) is 5.69 Å². The molecular formula is C19H18N2O4S. The van der Waals surface area contributed by atoms with E-state index >= 15 is 0 Å². The van der Waals surface area contributed by atoms with Gasteiger partial charge in [-0.1, -0.05) is 36.4 Å². The van der Waals surface area contributed by atoms with Crippen molar-refractivity contribution in [3.63, 3.8) is 0 Å². The summed E-state index contributed by atoms with van der Waals surface area (Å²) in [5.41, 5.74) is 0.647. The van der Waals surface area contributed by atoms with E-state index in [1.165, 1.54) is 16.4 Å². The first-order chi connectivity index (χ1) is 12.6. The van der Waals surface area contributed by atoms with E-state index < -0.39 is 15.9 Å². The number of furan rings is 1. The summed E-state index contributed by atoms with van der Waals surface area (Å²) in [7, 11) is -3.67. The maximum Gasteiger partial charge on any atom is 0.291 e. The second-order valence-corrected chi connectivity index (χ2v) is 8.08. The van der Waals surface area contributed by atoms with Gasteiger partial charge >= 0.3 is 0 Å². The Morgan fingerprint density at radius 2 is 1.69 bits per heavy atom. The number of nitrogens with zero attached hydrogens (tertiary/aromatic N) is 1. The van der Waals surface area contributed by atoms with Crippen LogP contribution in [0.15, 0.2) is 64.1 Å². The summed E-state index contributed by atoms with van der Waals surface area (Å²) >= 11 is 0. The van der Waals surface area contributed by atoms with Gasteiger partial charge in [-0.3, -0.25) is 4.79 Å². The van der Waals surface area contributed by atoms with Crippen LogP contribution in [0.25, 0.3) is 10.8 Å². The van der Waals surface area contributed by atoms with Gasteiger partial charge in [0.25, 0.3) is 15.9 Å². The number of fused-ring (bicyclic) bond motifs is 1. The highest BCUT2D eigenvalue weighted by Gasteiger charge is 2.30. The lowest BCUT2D eigenvalue weighted by molar-refractivity contribution is 0.0991. The molecular weight excluding hydrogens is 352 g/mol. The Morgan fingerprint density at radius 3 is 2.50 bits per heavy atom. The van der Waals surface area contributed by atoms with Crippen molar-refractivity contribution in [1.82, 2.24) is 4.31 Å². The van der Waals surface area contributed by atoms with Gasteiger partial charge < -0.3 is 9.73 Å². The van der Waals surface area contributed by atoms with Gasteiger partial charge in [0, 0.05) is 24.2 Å². The molecule has 26 heavy (non-hydrogen) atoms. The van der Waals surface area contributed by atoms with Crippen molar-refractivity contribution in [3.8, 4) is 0 Å². The van der Waals surface area contributed by atoms with Crippen molar-refractivity contribution < 1.29 is 17.6 Å². The molecule has 0 atom stereocenters. The fourth-order valence-electron chi connectivity index (χ4n) is 3.15. The van der Waals surface area contributed by atoms with Crippen LogP contribution < -0.4 is 5.32 Å². The smallest absolute Gasteiger partial charge is 0.291 e. The zero-order valence-corrected chi connectivity index (χ0v) is 14.8. The minimum atomic E-state index is -3.67. The molecule has 3 aromatic rings. The van der Waals surface area contributed by atoms with Crippen LogP contribution in [-0.4, -0.2) is 31.7 Å². The molecule has 0 spiro atoms. The number of carbonyl (C=O) groups excluding carboxylic acids is 1. The Labute approximate surface area is 151 Å². The average molecular weight is 370 g/mol. The predicted molar refractivity (Wildman–Crippen MR) is 98.6 cm³/mol. The first-order valence-corrected chi connectivity index (χ1v) is 9.89. The highest BCUT2D eigenvalue weighted by atomic mass is 32.2. The summed E-state index contributed by atoms with van der Waals surface area (Å²) in [6, 6.07) is 16.0. The third-order valence-corrected chi connectivity index (χ3v) is 6.28. The summed E-state index contributed by atoms with van der Waals surface area (Å²) < 4.78 is 31.8. The van der Waals surface area contributed by atoms with Gasteiger partial charge in [0.05, 0.1) is 0 Å². The number of rotatable bonds is 4. The first kappa shape index (κ1) is 16.8. The van der Waals surface area contributed by atoms with Crippen LogP contribution in [0.3, 0.4) is 0 Å². The Balaban J connectivity index is 1.59. The van der Waals surface area contributed by atoms with Gasteiger partial charge in [0.15, 0.2) is 5.76 Å². The van der Waals surface area contributed by atoms with Gasteiger partial charge in [0.2, 0.25) is 5.09 Å². The van der Waals surface area contributed by atoms with Crippen LogP contribution in [-0.2, 0) is 10.0 Å². The van der Waals surface area contributed by atoms with Crippen molar-refractivity contribution in [1.29, 1.82) is 0 Å². The molecule has 2 heterocycles. The topological polar surface area (TPSA) is 79.6 Å². The monoisotopic (exact) mass is 370 g/mol. The molecule has 1 N–H and O–H groups in total. The van der Waals surface area contributed by atoms with Gasteiger partial charge in [-0.2, -0.15) is 4.31 Å². The molecule has 134 valence electrons. The van der Waals surface area contributed by atoms with Crippen LogP contribution in [0.5, 0.6) is 0 Å². The number of benzene rings is 2. The van der Waals surface area contributed by atoms with E-state index in [1.54, 1.807) is 6.07 Å². The summed E-state index contributed by atoms with van der Waals surface area (Å²) in [6.45, 7) is 0.973. The van der Waals surface area contributed by atoms with E-state index in [0.717, 1.165) is 23.6 Å². The highest BCUT2D eigenvalue weighted by Crippen LogP contribution is 2.25. The standard InChI is InChI=1S/C19H18N2O4S/c22-19(20-16-9-5-7-14-6-1-2-8-15(14)16)17-10-11-18(25-17)26(23,24)21-12-3-4-13-21/h1-2,5-11H,3-4,12-13H2,(H,20,22). The molecule has 4 rings (SSSR count). The lowest BCUT2D eigenvalue weighted by Gasteiger charge is -2.12. The maximum atomic E-state index is 12.5. The second kappa shape index (κ2) is 6.59. The molecule has 0 bridgehead atoms. The molecule has 2 aromatic carbocycles. The van der Waals surface area contributed by atoms with E-state index in [2.05, 4.69) is 5.32 Å². The zero-order valence-electron chi connectivity index (χ0n) is 14.0. The minimum absolute atomic E-state index is 0.0318. The Morgan fingerprint density at radius 1 is 0.962 bits per heavy atom. The first-order valence-electron chi connectivity index (χ1n) is 8.45. The van der Waals surface area contributed by atoms with Gasteiger partial charge in [-0.15, -0.1) is 0 Å². The third-order valence-electron chi connectivity index (χ3n) is 4.50. The third kappa shape index (κ3) is 3.00. The molecule has 7 heteroatoms. The Bertz CT molecular complexity index is 1060. The maximum absolute atomic E-state index is 12.5. The Hall–Kier alpha value is -2.64. The quantitative estimate of drug-likeness (QED) is 0.763. The molecule has 1 aliphatic rings. The lowest BCUT2D eigenvalue weighted by Crippen LogP contribution is -2.27. The van der Waals surface area contributed by atoms with Gasteiger partial charge in [-0.05, 0) is 36.4 Å². The van der Waals surface area contributed by atoms with Crippen molar-refractivity contribution in [2.75, 3.05) is 18.4 Å². The molecule has 1 amide bonds. The van der Waals surface area contributed by atoms with E-state index in [9.17, 15) is 13.2 Å². The van der Waals surface area contributed by atoms with Gasteiger partial charge in [-0.25, -0.2) is 8.42 Å². The largest absolute Gasteiger partial charge is 0.438 e. The molecule has 0 radical (unpaired) electrons. The lowest BCUT2D eigenvalue weighted by atomic mass is 10.1. The fourth-order valence-corrected chi connectivity index (χ4v) is 4.58. The summed E-state index contributed by atoms with van der Waals surface area (Å²) in [5, 5.41) is 4.51. The van der Waals surface area contributed by atoms with Gasteiger partial charge in [0.1, 0.15) is 0 Å². The van der Waals surface area contributed by atoms with Crippen LogP contribution in [0.2, 0.25) is 0 Å². The highest BCUT2D eigenvalue weighted by molar-refractivity contribution is 7.89. The minimum Gasteiger partial charge on any atom is -0.438 e. The molecule has 0 saturated carbocycles. The number of anilines is 1. The van der Waals surface area contributed by atoms with E-state index in [1.807, 2.05) is 36.4 Å². The number of hydrogen-bond acceptors (Lipinski definition) is 4. The van der Waals surface area contributed by atoms with Crippen LogP contribution in [0, 0.1) is 0 Å². The Kier molecular flexibility index (Phi) is 4.26. The predicted octanol–water partition coefficient (Wildman–Crippen LogP) is 3.47. The summed E-state index contributed by atoms with van der Waals surface area (Å²) in [6.07, 6.45) is 1.68. The number of hydrogen-bond donors (Lipinski definition) is 1. The van der Waals surface area contributed by atoms with Crippen molar-refractivity contribution in [3.05, 3.63) is 60.4 Å².